The highest BCUT2D eigenvalue weighted by molar-refractivity contribution is 5.88. The fraction of sp³-hybridized carbons (Fsp3) is 0.550. The van der Waals surface area contributed by atoms with Crippen molar-refractivity contribution in [2.24, 2.45) is 0 Å². The molecule has 0 atom stereocenters. The van der Waals surface area contributed by atoms with Crippen LogP contribution in [0.4, 0.5) is 11.6 Å². The van der Waals surface area contributed by atoms with Crippen LogP contribution >= 0.6 is 0 Å². The Morgan fingerprint density at radius 1 is 1.35 bits per heavy atom. The Balaban J connectivity index is 1.51. The molecule has 4 heterocycles. The van der Waals surface area contributed by atoms with Gasteiger partial charge in [-0.1, -0.05) is 0 Å². The van der Waals surface area contributed by atoms with Gasteiger partial charge in [-0.25, -0.2) is 19.4 Å². The van der Waals surface area contributed by atoms with Crippen LogP contribution in [-0.2, 0) is 14.3 Å². The van der Waals surface area contributed by atoms with Gasteiger partial charge in [-0.2, -0.15) is 10.2 Å². The van der Waals surface area contributed by atoms with Crippen molar-refractivity contribution in [1.82, 2.24) is 29.9 Å². The summed E-state index contributed by atoms with van der Waals surface area (Å²) < 4.78 is 12.6. The third kappa shape index (κ3) is 3.43. The molecule has 3 N–H and O–H groups in total. The fourth-order valence-corrected chi connectivity index (χ4v) is 4.30. The summed E-state index contributed by atoms with van der Waals surface area (Å²) in [6, 6.07) is 2.05. The lowest BCUT2D eigenvalue weighted by Gasteiger charge is -2.35. The van der Waals surface area contributed by atoms with Crippen molar-refractivity contribution in [3.8, 4) is 0 Å². The molecule has 2 fully saturated rings. The molecule has 31 heavy (non-hydrogen) atoms. The predicted octanol–water partition coefficient (Wildman–Crippen LogP) is 2.30. The van der Waals surface area contributed by atoms with Crippen molar-refractivity contribution in [2.45, 2.75) is 50.2 Å². The van der Waals surface area contributed by atoms with E-state index in [1.165, 1.54) is 7.11 Å². The minimum Gasteiger partial charge on any atom is -0.479 e. The van der Waals surface area contributed by atoms with Gasteiger partial charge in [0.1, 0.15) is 17.7 Å². The van der Waals surface area contributed by atoms with Gasteiger partial charge in [0, 0.05) is 24.8 Å². The summed E-state index contributed by atoms with van der Waals surface area (Å²) in [5, 5.41) is 25.4. The maximum absolute atomic E-state index is 11.7. The standard InChI is InChI=1S/C20H25N7O4/c1-11-7-15(26-25-11)22-17-14-8-21-27(13-9-31-10-13)18(14)24-16(23-17)12-3-5-20(30-2,6-4-12)19(28)29/h7-8,12-13H,3-6,9-10H2,1-2H3,(H,28,29)(H2,22,23,24,25,26). The van der Waals surface area contributed by atoms with Gasteiger partial charge < -0.3 is 19.9 Å². The van der Waals surface area contributed by atoms with Gasteiger partial charge in [0.15, 0.2) is 17.1 Å². The monoisotopic (exact) mass is 427 g/mol. The molecule has 1 aliphatic carbocycles. The highest BCUT2D eigenvalue weighted by Crippen LogP contribution is 2.40. The molecule has 11 heteroatoms. The first-order chi connectivity index (χ1) is 15.0. The largest absolute Gasteiger partial charge is 0.479 e. The second-order valence-electron chi connectivity index (χ2n) is 8.29. The van der Waals surface area contributed by atoms with E-state index in [4.69, 9.17) is 19.4 Å². The van der Waals surface area contributed by atoms with Gasteiger partial charge >= 0.3 is 5.97 Å². The number of aromatic nitrogens is 6. The Hall–Kier alpha value is -3.05. The number of carbonyl (C=O) groups is 1. The maximum Gasteiger partial charge on any atom is 0.335 e. The summed E-state index contributed by atoms with van der Waals surface area (Å²) in [6.07, 6.45) is 3.87. The van der Waals surface area contributed by atoms with E-state index in [2.05, 4.69) is 20.6 Å². The molecule has 0 amide bonds. The van der Waals surface area contributed by atoms with Crippen LogP contribution in [0.15, 0.2) is 12.3 Å². The third-order valence-corrected chi connectivity index (χ3v) is 6.33. The van der Waals surface area contributed by atoms with Crippen molar-refractivity contribution in [3.05, 3.63) is 23.8 Å². The number of methoxy groups -OCH3 is 1. The van der Waals surface area contributed by atoms with E-state index in [1.807, 2.05) is 17.7 Å². The van der Waals surface area contributed by atoms with Crippen LogP contribution in [0.5, 0.6) is 0 Å². The van der Waals surface area contributed by atoms with Gasteiger partial charge in [0.25, 0.3) is 0 Å². The first-order valence-corrected chi connectivity index (χ1v) is 10.4. The number of nitrogens with one attached hydrogen (secondary N) is 2. The third-order valence-electron chi connectivity index (χ3n) is 6.33. The number of fused-ring (bicyclic) bond motifs is 1. The van der Waals surface area contributed by atoms with Crippen LogP contribution in [0.25, 0.3) is 11.0 Å². The van der Waals surface area contributed by atoms with Crippen LogP contribution in [0.2, 0.25) is 0 Å². The molecule has 1 saturated heterocycles. The average Bonchev–Trinajstić information content (AvgIpc) is 3.33. The van der Waals surface area contributed by atoms with Gasteiger partial charge in [0.05, 0.1) is 24.8 Å². The minimum absolute atomic E-state index is 0.0366. The number of ether oxygens (including phenoxy) is 2. The van der Waals surface area contributed by atoms with Crippen molar-refractivity contribution < 1.29 is 19.4 Å². The Morgan fingerprint density at radius 2 is 2.13 bits per heavy atom. The van der Waals surface area contributed by atoms with E-state index < -0.39 is 11.6 Å². The molecule has 2 aliphatic rings. The number of aromatic amines is 1. The second-order valence-corrected chi connectivity index (χ2v) is 8.29. The van der Waals surface area contributed by atoms with Crippen LogP contribution in [0.3, 0.4) is 0 Å². The lowest BCUT2D eigenvalue weighted by atomic mass is 9.78. The number of anilines is 2. The highest BCUT2D eigenvalue weighted by atomic mass is 16.5. The number of hydrogen-bond donors (Lipinski definition) is 3. The molecule has 0 unspecified atom stereocenters. The Labute approximate surface area is 178 Å². The van der Waals surface area contributed by atoms with E-state index in [-0.39, 0.29) is 12.0 Å². The molecular weight excluding hydrogens is 402 g/mol. The zero-order valence-electron chi connectivity index (χ0n) is 17.5. The van der Waals surface area contributed by atoms with E-state index >= 15 is 0 Å². The molecule has 1 aliphatic heterocycles. The molecule has 1 saturated carbocycles. The van der Waals surface area contributed by atoms with Crippen LogP contribution in [-0.4, -0.2) is 66.9 Å². The van der Waals surface area contributed by atoms with E-state index in [0.717, 1.165) is 16.7 Å². The number of hydrogen-bond acceptors (Lipinski definition) is 8. The van der Waals surface area contributed by atoms with Crippen molar-refractivity contribution in [1.29, 1.82) is 0 Å². The quantitative estimate of drug-likeness (QED) is 0.540. The zero-order chi connectivity index (χ0) is 21.6. The number of carboxylic acid groups (broad SMARTS) is 1. The molecular formula is C20H25N7O4. The second kappa shape index (κ2) is 7.57. The molecule has 3 aromatic rings. The van der Waals surface area contributed by atoms with Gasteiger partial charge in [0.2, 0.25) is 0 Å². The van der Waals surface area contributed by atoms with E-state index in [0.29, 0.717) is 56.4 Å². The maximum atomic E-state index is 11.7. The first-order valence-electron chi connectivity index (χ1n) is 10.4. The SMILES string of the molecule is COC1(C(=O)O)CCC(c2nc(Nc3cc(C)[nH]n3)c3cnn(C4COC4)c3n2)CC1. The molecule has 164 valence electrons. The molecule has 0 aromatic carbocycles. The molecule has 0 spiro atoms. The average molecular weight is 427 g/mol. The summed E-state index contributed by atoms with van der Waals surface area (Å²) >= 11 is 0. The number of rotatable bonds is 6. The summed E-state index contributed by atoms with van der Waals surface area (Å²) in [4.78, 5) is 21.4. The van der Waals surface area contributed by atoms with Gasteiger partial charge in [-0.15, -0.1) is 0 Å². The summed E-state index contributed by atoms with van der Waals surface area (Å²) in [5.41, 5.74) is 0.557. The van der Waals surface area contributed by atoms with Crippen molar-refractivity contribution >= 4 is 28.6 Å². The number of aliphatic carboxylic acids is 1. The van der Waals surface area contributed by atoms with Crippen molar-refractivity contribution in [3.63, 3.8) is 0 Å². The first kappa shape index (κ1) is 19.9. The van der Waals surface area contributed by atoms with Crippen LogP contribution in [0.1, 0.15) is 49.2 Å². The van der Waals surface area contributed by atoms with Gasteiger partial charge in [-0.05, 0) is 32.6 Å². The summed E-state index contributed by atoms with van der Waals surface area (Å²) in [6.45, 7) is 3.14. The number of aryl methyl sites for hydroxylation is 1. The highest BCUT2D eigenvalue weighted by Gasteiger charge is 2.43. The number of H-pyrrole nitrogens is 1. The lowest BCUT2D eigenvalue weighted by Crippen LogP contribution is -2.43. The Kier molecular flexibility index (Phi) is 4.86. The normalized spacial score (nSPS) is 24.3. The predicted molar refractivity (Wildman–Crippen MR) is 110 cm³/mol. The summed E-state index contributed by atoms with van der Waals surface area (Å²) in [7, 11) is 1.46. The smallest absolute Gasteiger partial charge is 0.335 e. The zero-order valence-corrected chi connectivity index (χ0v) is 17.5. The molecule has 0 bridgehead atoms. The molecule has 3 aromatic heterocycles. The minimum atomic E-state index is -1.13. The fourth-order valence-electron chi connectivity index (χ4n) is 4.30. The topological polar surface area (TPSA) is 140 Å². The van der Waals surface area contributed by atoms with Crippen LogP contribution in [0, 0.1) is 6.92 Å². The Bertz CT molecular complexity index is 1110. The van der Waals surface area contributed by atoms with E-state index in [1.54, 1.807) is 6.20 Å². The van der Waals surface area contributed by atoms with Crippen molar-refractivity contribution in [2.75, 3.05) is 25.6 Å². The van der Waals surface area contributed by atoms with Crippen LogP contribution < -0.4 is 5.32 Å². The summed E-state index contributed by atoms with van der Waals surface area (Å²) in [5.74, 6) is 1.11. The molecule has 0 radical (unpaired) electrons. The van der Waals surface area contributed by atoms with E-state index in [9.17, 15) is 9.90 Å². The molecule has 11 nitrogen and oxygen atoms in total. The van der Waals surface area contributed by atoms with Gasteiger partial charge in [-0.3, -0.25) is 5.10 Å². The number of nitrogens with zero attached hydrogens (tertiary/aromatic N) is 5. The number of carboxylic acids is 1. The molecule has 5 rings (SSSR count). The Morgan fingerprint density at radius 3 is 2.71 bits per heavy atom. The lowest BCUT2D eigenvalue weighted by molar-refractivity contribution is -0.166.